The molecule has 262 valence electrons. The SMILES string of the molecule is CCCCCCCCCCCCCCCCCC(=O)C(C)C(C(=O)CCCCCCCCCCCCCCCCC)N(C)C. The zero-order valence-corrected chi connectivity index (χ0v) is 31.0. The van der Waals surface area contributed by atoms with Crippen LogP contribution in [-0.2, 0) is 9.59 Å². The van der Waals surface area contributed by atoms with Crippen molar-refractivity contribution in [1.82, 2.24) is 4.90 Å². The number of carbonyl (C=O) groups is 2. The second kappa shape index (κ2) is 33.7. The van der Waals surface area contributed by atoms with Crippen LogP contribution in [0, 0.1) is 5.92 Å². The summed E-state index contributed by atoms with van der Waals surface area (Å²) in [6.45, 7) is 6.56. The van der Waals surface area contributed by atoms with E-state index in [9.17, 15) is 9.59 Å². The van der Waals surface area contributed by atoms with Crippen LogP contribution >= 0.6 is 0 Å². The summed E-state index contributed by atoms with van der Waals surface area (Å²) in [5, 5.41) is 0. The van der Waals surface area contributed by atoms with Gasteiger partial charge in [0, 0.05) is 18.8 Å². The quantitative estimate of drug-likeness (QED) is 0.0655. The minimum atomic E-state index is -0.259. The first-order chi connectivity index (χ1) is 21.5. The van der Waals surface area contributed by atoms with Crippen LogP contribution in [0.4, 0.5) is 0 Å². The second-order valence-corrected chi connectivity index (χ2v) is 14.5. The molecule has 0 aliphatic heterocycles. The van der Waals surface area contributed by atoms with E-state index in [1.54, 1.807) is 0 Å². The van der Waals surface area contributed by atoms with E-state index in [-0.39, 0.29) is 23.5 Å². The summed E-state index contributed by atoms with van der Waals surface area (Å²) in [4.78, 5) is 28.0. The fraction of sp³-hybridized carbons (Fsp3) is 0.951. The Kier molecular flexibility index (Phi) is 33.1. The van der Waals surface area contributed by atoms with Gasteiger partial charge in [-0.2, -0.15) is 0 Å². The molecule has 3 heteroatoms. The molecule has 0 aliphatic carbocycles. The average Bonchev–Trinajstić information content (AvgIpc) is 3.00. The summed E-state index contributed by atoms with van der Waals surface area (Å²) >= 11 is 0. The van der Waals surface area contributed by atoms with Crippen LogP contribution in [0.25, 0.3) is 0 Å². The molecule has 2 unspecified atom stereocenters. The molecule has 0 saturated carbocycles. The van der Waals surface area contributed by atoms with Crippen molar-refractivity contribution in [2.24, 2.45) is 5.92 Å². The number of carbonyl (C=O) groups excluding carboxylic acids is 2. The fourth-order valence-electron chi connectivity index (χ4n) is 6.91. The van der Waals surface area contributed by atoms with Crippen molar-refractivity contribution in [3.8, 4) is 0 Å². The van der Waals surface area contributed by atoms with E-state index < -0.39 is 0 Å². The molecule has 0 N–H and O–H groups in total. The third kappa shape index (κ3) is 27.6. The maximum atomic E-state index is 13.1. The maximum Gasteiger partial charge on any atom is 0.150 e. The van der Waals surface area contributed by atoms with Gasteiger partial charge in [-0.25, -0.2) is 0 Å². The van der Waals surface area contributed by atoms with Gasteiger partial charge in [0.05, 0.1) is 6.04 Å². The molecule has 0 aromatic carbocycles. The standard InChI is InChI=1S/C41H81NO2/c1-6-8-10-12-14-16-18-20-22-24-26-28-30-32-34-36-39(43)38(3)41(42(4)5)40(44)37-35-33-31-29-27-25-23-21-19-17-15-13-11-9-7-2/h38,41H,6-37H2,1-5H3. The zero-order chi connectivity index (χ0) is 32.5. The monoisotopic (exact) mass is 620 g/mol. The maximum absolute atomic E-state index is 13.1. The summed E-state index contributed by atoms with van der Waals surface area (Å²) in [7, 11) is 3.93. The minimum absolute atomic E-state index is 0.194. The first-order valence-electron chi connectivity index (χ1n) is 20.2. The molecule has 0 heterocycles. The van der Waals surface area contributed by atoms with Gasteiger partial charge in [-0.3, -0.25) is 14.5 Å². The number of hydrogen-bond donors (Lipinski definition) is 0. The van der Waals surface area contributed by atoms with Crippen molar-refractivity contribution in [2.45, 2.75) is 232 Å². The molecule has 0 bridgehead atoms. The van der Waals surface area contributed by atoms with Crippen molar-refractivity contribution in [1.29, 1.82) is 0 Å². The highest BCUT2D eigenvalue weighted by atomic mass is 16.1. The predicted molar refractivity (Wildman–Crippen MR) is 196 cm³/mol. The topological polar surface area (TPSA) is 37.4 Å². The summed E-state index contributed by atoms with van der Waals surface area (Å²) in [5.41, 5.74) is 0. The number of ketones is 2. The van der Waals surface area contributed by atoms with Crippen molar-refractivity contribution in [3.63, 3.8) is 0 Å². The number of rotatable bonds is 36. The highest BCUT2D eigenvalue weighted by molar-refractivity contribution is 5.91. The Balaban J connectivity index is 3.78. The minimum Gasteiger partial charge on any atom is -0.299 e. The molecular formula is C41H81NO2. The van der Waals surface area contributed by atoms with Gasteiger partial charge in [0.1, 0.15) is 5.78 Å². The normalized spacial score (nSPS) is 13.0. The molecular weight excluding hydrogens is 538 g/mol. The molecule has 0 aromatic rings. The smallest absolute Gasteiger partial charge is 0.150 e. The predicted octanol–water partition coefficient (Wildman–Crippen LogP) is 13.2. The van der Waals surface area contributed by atoms with Gasteiger partial charge in [-0.15, -0.1) is 0 Å². The summed E-state index contributed by atoms with van der Waals surface area (Å²) in [6.07, 6.45) is 41.4. The third-order valence-electron chi connectivity index (χ3n) is 9.92. The van der Waals surface area contributed by atoms with E-state index in [0.717, 1.165) is 25.7 Å². The molecule has 0 fully saturated rings. The van der Waals surface area contributed by atoms with E-state index in [0.29, 0.717) is 12.8 Å². The number of hydrogen-bond acceptors (Lipinski definition) is 3. The van der Waals surface area contributed by atoms with Crippen LogP contribution in [0.1, 0.15) is 226 Å². The van der Waals surface area contributed by atoms with Crippen molar-refractivity contribution >= 4 is 11.6 Å². The number of likely N-dealkylation sites (N-methyl/N-ethyl adjacent to an activating group) is 1. The van der Waals surface area contributed by atoms with Gasteiger partial charge in [-0.1, -0.05) is 201 Å². The van der Waals surface area contributed by atoms with Crippen LogP contribution in [0.2, 0.25) is 0 Å². The Labute approximate surface area is 277 Å². The summed E-state index contributed by atoms with van der Waals surface area (Å²) < 4.78 is 0. The number of unbranched alkanes of at least 4 members (excludes halogenated alkanes) is 28. The molecule has 0 aromatic heterocycles. The number of Topliss-reactive ketones (excluding diaryl/α,β-unsaturated/α-hetero) is 2. The van der Waals surface area contributed by atoms with Crippen molar-refractivity contribution < 1.29 is 9.59 Å². The Morgan fingerprint density at radius 3 is 0.864 bits per heavy atom. The Bertz CT molecular complexity index is 616. The molecule has 0 amide bonds. The summed E-state index contributed by atoms with van der Waals surface area (Å²) in [5.74, 6) is 0.353. The molecule has 0 rings (SSSR count). The van der Waals surface area contributed by atoms with Crippen LogP contribution in [0.3, 0.4) is 0 Å². The van der Waals surface area contributed by atoms with Crippen LogP contribution < -0.4 is 0 Å². The first kappa shape index (κ1) is 43.3. The van der Waals surface area contributed by atoms with E-state index in [2.05, 4.69) is 13.8 Å². The lowest BCUT2D eigenvalue weighted by Crippen LogP contribution is -2.44. The average molecular weight is 620 g/mol. The lowest BCUT2D eigenvalue weighted by atomic mass is 9.88. The van der Waals surface area contributed by atoms with Crippen LogP contribution in [0.5, 0.6) is 0 Å². The molecule has 0 saturated heterocycles. The second-order valence-electron chi connectivity index (χ2n) is 14.5. The first-order valence-corrected chi connectivity index (χ1v) is 20.2. The van der Waals surface area contributed by atoms with Crippen LogP contribution in [0.15, 0.2) is 0 Å². The number of nitrogens with zero attached hydrogens (tertiary/aromatic N) is 1. The fourth-order valence-corrected chi connectivity index (χ4v) is 6.91. The van der Waals surface area contributed by atoms with Gasteiger partial charge in [0.2, 0.25) is 0 Å². The molecule has 0 radical (unpaired) electrons. The lowest BCUT2D eigenvalue weighted by molar-refractivity contribution is -0.132. The molecule has 0 spiro atoms. The van der Waals surface area contributed by atoms with E-state index in [1.807, 2.05) is 25.9 Å². The Morgan fingerprint density at radius 2 is 0.614 bits per heavy atom. The zero-order valence-electron chi connectivity index (χ0n) is 31.0. The Hall–Kier alpha value is -0.700. The molecule has 0 aliphatic rings. The van der Waals surface area contributed by atoms with Gasteiger partial charge < -0.3 is 0 Å². The highest BCUT2D eigenvalue weighted by Gasteiger charge is 2.30. The van der Waals surface area contributed by atoms with E-state index >= 15 is 0 Å². The third-order valence-corrected chi connectivity index (χ3v) is 9.92. The van der Waals surface area contributed by atoms with Crippen molar-refractivity contribution in [3.05, 3.63) is 0 Å². The largest absolute Gasteiger partial charge is 0.299 e. The molecule has 44 heavy (non-hydrogen) atoms. The van der Waals surface area contributed by atoms with Crippen molar-refractivity contribution in [2.75, 3.05) is 14.1 Å². The van der Waals surface area contributed by atoms with Crippen LogP contribution in [-0.4, -0.2) is 36.6 Å². The van der Waals surface area contributed by atoms with Gasteiger partial charge >= 0.3 is 0 Å². The molecule has 3 nitrogen and oxygen atoms in total. The van der Waals surface area contributed by atoms with E-state index in [1.165, 1.54) is 167 Å². The summed E-state index contributed by atoms with van der Waals surface area (Å²) in [6, 6.07) is -0.259. The van der Waals surface area contributed by atoms with Gasteiger partial charge in [-0.05, 0) is 26.9 Å². The van der Waals surface area contributed by atoms with E-state index in [4.69, 9.17) is 0 Å². The highest BCUT2D eigenvalue weighted by Crippen LogP contribution is 2.20. The lowest BCUT2D eigenvalue weighted by Gasteiger charge is -2.28. The Morgan fingerprint density at radius 1 is 0.386 bits per heavy atom. The van der Waals surface area contributed by atoms with Gasteiger partial charge in [0.15, 0.2) is 5.78 Å². The van der Waals surface area contributed by atoms with Gasteiger partial charge in [0.25, 0.3) is 0 Å². The molecule has 2 atom stereocenters.